The summed E-state index contributed by atoms with van der Waals surface area (Å²) in [6, 6.07) is 4.47. The minimum Gasteiger partial charge on any atom is -0.431 e. The second-order valence-electron chi connectivity index (χ2n) is 3.63. The van der Waals surface area contributed by atoms with Crippen molar-refractivity contribution in [2.24, 2.45) is 0 Å². The highest BCUT2D eigenvalue weighted by Gasteiger charge is 2.40. The molecule has 1 fully saturated rings. The van der Waals surface area contributed by atoms with Crippen LogP contribution in [0.15, 0.2) is 30.4 Å². The Morgan fingerprint density at radius 1 is 1.22 bits per heavy atom. The molecule has 1 aromatic rings. The highest BCUT2D eigenvalue weighted by Crippen LogP contribution is 2.29. The van der Waals surface area contributed by atoms with Gasteiger partial charge < -0.3 is 4.74 Å². The third-order valence-corrected chi connectivity index (χ3v) is 2.78. The van der Waals surface area contributed by atoms with Gasteiger partial charge in [-0.1, -0.05) is 29.3 Å². The fraction of sp³-hybridized carbons (Fsp3) is 0.167. The molecule has 0 aliphatic carbocycles. The molecule has 18 heavy (non-hydrogen) atoms. The van der Waals surface area contributed by atoms with Crippen LogP contribution >= 0.6 is 23.2 Å². The van der Waals surface area contributed by atoms with Gasteiger partial charge in [0, 0.05) is 10.0 Å². The van der Waals surface area contributed by atoms with E-state index in [2.05, 4.69) is 0 Å². The Morgan fingerprint density at radius 2 is 1.83 bits per heavy atom. The van der Waals surface area contributed by atoms with Crippen LogP contribution in [0.25, 0.3) is 0 Å². The van der Waals surface area contributed by atoms with Crippen LogP contribution < -0.4 is 4.90 Å². The summed E-state index contributed by atoms with van der Waals surface area (Å²) in [6.07, 6.45) is 1.53. The Hall–Kier alpha value is -1.52. The maximum Gasteiger partial charge on any atom is 0.422 e. The third-order valence-electron chi connectivity index (χ3n) is 2.35. The molecule has 1 aliphatic heterocycles. The molecule has 0 bridgehead atoms. The molecule has 2 amide bonds. The van der Waals surface area contributed by atoms with Crippen molar-refractivity contribution in [2.45, 2.75) is 13.0 Å². The number of carbonyl (C=O) groups is 2. The van der Waals surface area contributed by atoms with Crippen molar-refractivity contribution in [2.75, 3.05) is 4.90 Å². The lowest BCUT2D eigenvalue weighted by Gasteiger charge is -2.11. The minimum absolute atomic E-state index is 0.300. The SMILES string of the molecule is CC=CC1OC(=O)N(c2cc(Cl)cc(Cl)c2)C1=O. The number of hydrogen-bond donors (Lipinski definition) is 0. The standard InChI is InChI=1S/C12H9Cl2NO3/c1-2-3-10-11(16)15(12(17)18-10)9-5-7(13)4-8(14)6-9/h2-6,10H,1H3. The molecule has 0 aromatic heterocycles. The van der Waals surface area contributed by atoms with Crippen LogP contribution in [0.2, 0.25) is 10.0 Å². The van der Waals surface area contributed by atoms with E-state index in [1.807, 2.05) is 0 Å². The van der Waals surface area contributed by atoms with Gasteiger partial charge in [-0.15, -0.1) is 0 Å². The average Bonchev–Trinajstić information content (AvgIpc) is 2.53. The predicted molar refractivity (Wildman–Crippen MR) is 69.0 cm³/mol. The molecule has 1 unspecified atom stereocenters. The number of nitrogens with zero attached hydrogens (tertiary/aromatic N) is 1. The normalized spacial score (nSPS) is 19.7. The molecule has 94 valence electrons. The van der Waals surface area contributed by atoms with Crippen molar-refractivity contribution < 1.29 is 14.3 Å². The number of halogens is 2. The average molecular weight is 286 g/mol. The summed E-state index contributed by atoms with van der Waals surface area (Å²) in [4.78, 5) is 24.5. The highest BCUT2D eigenvalue weighted by atomic mass is 35.5. The molecule has 0 N–H and O–H groups in total. The molecule has 1 saturated heterocycles. The first kappa shape index (κ1) is 12.9. The second-order valence-corrected chi connectivity index (χ2v) is 4.50. The van der Waals surface area contributed by atoms with Crippen LogP contribution in [0.1, 0.15) is 6.92 Å². The van der Waals surface area contributed by atoms with Gasteiger partial charge in [-0.05, 0) is 31.2 Å². The van der Waals surface area contributed by atoms with Crippen LogP contribution in [-0.4, -0.2) is 18.1 Å². The van der Waals surface area contributed by atoms with Gasteiger partial charge in [-0.25, -0.2) is 9.69 Å². The molecule has 0 radical (unpaired) electrons. The van der Waals surface area contributed by atoms with E-state index in [9.17, 15) is 9.59 Å². The number of amides is 2. The van der Waals surface area contributed by atoms with Gasteiger partial charge in [0.05, 0.1) is 5.69 Å². The zero-order chi connectivity index (χ0) is 13.3. The van der Waals surface area contributed by atoms with E-state index in [1.54, 1.807) is 13.0 Å². The molecule has 6 heteroatoms. The number of hydrogen-bond acceptors (Lipinski definition) is 3. The summed E-state index contributed by atoms with van der Waals surface area (Å²) in [7, 11) is 0. The van der Waals surface area contributed by atoms with Crippen LogP contribution in [0.5, 0.6) is 0 Å². The Morgan fingerprint density at radius 3 is 2.39 bits per heavy atom. The predicted octanol–water partition coefficient (Wildman–Crippen LogP) is 3.42. The van der Waals surface area contributed by atoms with E-state index in [-0.39, 0.29) is 0 Å². The summed E-state index contributed by atoms with van der Waals surface area (Å²) in [5, 5.41) is 0.681. The van der Waals surface area contributed by atoms with E-state index >= 15 is 0 Å². The van der Waals surface area contributed by atoms with Crippen molar-refractivity contribution in [3.63, 3.8) is 0 Å². The first-order valence-corrected chi connectivity index (χ1v) is 5.92. The number of imide groups is 1. The Kier molecular flexibility index (Phi) is 3.59. The summed E-state index contributed by atoms with van der Waals surface area (Å²) in [5.74, 6) is -0.462. The number of carbonyl (C=O) groups excluding carboxylic acids is 2. The van der Waals surface area contributed by atoms with Gasteiger partial charge in [-0.3, -0.25) is 4.79 Å². The number of ether oxygens (including phenoxy) is 1. The van der Waals surface area contributed by atoms with E-state index < -0.39 is 18.1 Å². The van der Waals surface area contributed by atoms with E-state index in [0.717, 1.165) is 4.90 Å². The van der Waals surface area contributed by atoms with Gasteiger partial charge in [0.25, 0.3) is 5.91 Å². The number of cyclic esters (lactones) is 1. The van der Waals surface area contributed by atoms with Crippen molar-refractivity contribution in [3.05, 3.63) is 40.4 Å². The molecule has 0 saturated carbocycles. The van der Waals surface area contributed by atoms with Crippen molar-refractivity contribution in [3.8, 4) is 0 Å². The molecule has 0 spiro atoms. The number of allylic oxidation sites excluding steroid dienone is 1. The fourth-order valence-electron chi connectivity index (χ4n) is 1.63. The Bertz CT molecular complexity index is 522. The van der Waals surface area contributed by atoms with Crippen LogP contribution in [0, 0.1) is 0 Å². The van der Waals surface area contributed by atoms with Gasteiger partial charge in [0.2, 0.25) is 6.10 Å². The maximum absolute atomic E-state index is 12.0. The molecule has 4 nitrogen and oxygen atoms in total. The summed E-state index contributed by atoms with van der Waals surface area (Å²) >= 11 is 11.7. The maximum atomic E-state index is 12.0. The van der Waals surface area contributed by atoms with Gasteiger partial charge in [0.15, 0.2) is 0 Å². The molecule has 2 rings (SSSR count). The number of anilines is 1. The van der Waals surface area contributed by atoms with E-state index in [1.165, 1.54) is 24.3 Å². The van der Waals surface area contributed by atoms with Gasteiger partial charge >= 0.3 is 6.09 Å². The Balaban J connectivity index is 2.38. The smallest absolute Gasteiger partial charge is 0.422 e. The monoisotopic (exact) mass is 285 g/mol. The summed E-state index contributed by atoms with van der Waals surface area (Å²) < 4.78 is 4.93. The molecule has 1 aromatic carbocycles. The number of benzene rings is 1. The highest BCUT2D eigenvalue weighted by molar-refractivity contribution is 6.35. The molecule has 1 aliphatic rings. The topological polar surface area (TPSA) is 46.6 Å². The first-order valence-electron chi connectivity index (χ1n) is 5.16. The summed E-state index contributed by atoms with van der Waals surface area (Å²) in [5.41, 5.74) is 0.300. The van der Waals surface area contributed by atoms with E-state index in [0.29, 0.717) is 15.7 Å². The molecular weight excluding hydrogens is 277 g/mol. The number of rotatable bonds is 2. The Labute approximate surface area is 114 Å². The zero-order valence-electron chi connectivity index (χ0n) is 9.39. The molecule has 1 atom stereocenters. The van der Waals surface area contributed by atoms with Crippen molar-refractivity contribution in [1.82, 2.24) is 0 Å². The third kappa shape index (κ3) is 2.35. The van der Waals surface area contributed by atoms with E-state index in [4.69, 9.17) is 27.9 Å². The molecular formula is C12H9Cl2NO3. The minimum atomic E-state index is -0.889. The van der Waals surface area contributed by atoms with Gasteiger partial charge in [0.1, 0.15) is 0 Å². The van der Waals surface area contributed by atoms with Crippen molar-refractivity contribution >= 4 is 40.9 Å². The zero-order valence-corrected chi connectivity index (χ0v) is 10.9. The first-order chi connectivity index (χ1) is 8.52. The fourth-order valence-corrected chi connectivity index (χ4v) is 2.14. The van der Waals surface area contributed by atoms with Crippen LogP contribution in [0.4, 0.5) is 10.5 Å². The van der Waals surface area contributed by atoms with Crippen LogP contribution in [-0.2, 0) is 9.53 Å². The quantitative estimate of drug-likeness (QED) is 0.782. The molecule has 1 heterocycles. The lowest BCUT2D eigenvalue weighted by molar-refractivity contribution is -0.120. The van der Waals surface area contributed by atoms with Crippen LogP contribution in [0.3, 0.4) is 0 Å². The largest absolute Gasteiger partial charge is 0.431 e. The summed E-state index contributed by atoms with van der Waals surface area (Å²) in [6.45, 7) is 1.74. The lowest BCUT2D eigenvalue weighted by Crippen LogP contribution is -2.30. The lowest BCUT2D eigenvalue weighted by atomic mass is 10.2. The second kappa shape index (κ2) is 5.00. The van der Waals surface area contributed by atoms with Crippen molar-refractivity contribution in [1.29, 1.82) is 0 Å². The van der Waals surface area contributed by atoms with Gasteiger partial charge in [-0.2, -0.15) is 0 Å².